The maximum atomic E-state index is 6.22. The van der Waals surface area contributed by atoms with Crippen molar-refractivity contribution >= 4 is 23.2 Å². The molecule has 1 heterocycles. The van der Waals surface area contributed by atoms with Gasteiger partial charge in [-0.25, -0.2) is 0 Å². The van der Waals surface area contributed by atoms with E-state index in [4.69, 9.17) is 27.6 Å². The molecule has 4 heteroatoms. The minimum atomic E-state index is 0.254. The average Bonchev–Trinajstić information content (AvgIpc) is 3.02. The lowest BCUT2D eigenvalue weighted by Crippen LogP contribution is -2.17. The molecular formula is C19H17Cl2NO. The molecule has 0 radical (unpaired) electrons. The van der Waals surface area contributed by atoms with Gasteiger partial charge in [-0.3, -0.25) is 0 Å². The van der Waals surface area contributed by atoms with Crippen molar-refractivity contribution in [2.75, 3.05) is 0 Å². The van der Waals surface area contributed by atoms with Crippen LogP contribution in [0.3, 0.4) is 0 Å². The molecule has 2 nitrogen and oxygen atoms in total. The number of rotatable bonds is 5. The van der Waals surface area contributed by atoms with E-state index >= 15 is 0 Å². The second-order valence-electron chi connectivity index (χ2n) is 5.40. The summed E-state index contributed by atoms with van der Waals surface area (Å²) in [6.07, 6.45) is 0. The molecule has 3 rings (SSSR count). The monoisotopic (exact) mass is 345 g/mol. The van der Waals surface area contributed by atoms with E-state index in [0.717, 1.165) is 17.1 Å². The summed E-state index contributed by atoms with van der Waals surface area (Å²) in [6, 6.07) is 19.9. The van der Waals surface area contributed by atoms with E-state index in [1.165, 1.54) is 5.56 Å². The van der Waals surface area contributed by atoms with Gasteiger partial charge in [0.15, 0.2) is 0 Å². The molecule has 1 aromatic heterocycles. The summed E-state index contributed by atoms with van der Waals surface area (Å²) in [6.45, 7) is 2.79. The fraction of sp³-hybridized carbons (Fsp3) is 0.158. The van der Waals surface area contributed by atoms with E-state index < -0.39 is 0 Å². The Morgan fingerprint density at radius 1 is 1.00 bits per heavy atom. The molecule has 1 atom stereocenters. The van der Waals surface area contributed by atoms with Crippen molar-refractivity contribution in [2.24, 2.45) is 0 Å². The first-order valence-electron chi connectivity index (χ1n) is 7.46. The van der Waals surface area contributed by atoms with Crippen LogP contribution in [0.5, 0.6) is 0 Å². The largest absolute Gasteiger partial charge is 0.460 e. The Hall–Kier alpha value is -1.74. The molecular weight excluding hydrogens is 329 g/mol. The van der Waals surface area contributed by atoms with Gasteiger partial charge in [-0.15, -0.1) is 0 Å². The van der Waals surface area contributed by atoms with E-state index in [-0.39, 0.29) is 6.04 Å². The van der Waals surface area contributed by atoms with Crippen LogP contribution in [0.2, 0.25) is 10.0 Å². The van der Waals surface area contributed by atoms with Gasteiger partial charge in [0, 0.05) is 16.6 Å². The number of hydrogen-bond donors (Lipinski definition) is 1. The first kappa shape index (κ1) is 16.1. The molecule has 118 valence electrons. The summed E-state index contributed by atoms with van der Waals surface area (Å²) >= 11 is 12.1. The van der Waals surface area contributed by atoms with Gasteiger partial charge in [-0.2, -0.15) is 0 Å². The van der Waals surface area contributed by atoms with Crippen molar-refractivity contribution in [3.05, 3.63) is 82.0 Å². The van der Waals surface area contributed by atoms with Crippen LogP contribution in [0.1, 0.15) is 24.3 Å². The summed E-state index contributed by atoms with van der Waals surface area (Å²) in [4.78, 5) is 0. The minimum Gasteiger partial charge on any atom is -0.460 e. The van der Waals surface area contributed by atoms with Crippen LogP contribution in [-0.2, 0) is 6.54 Å². The predicted molar refractivity (Wildman–Crippen MR) is 95.9 cm³/mol. The third-order valence-electron chi connectivity index (χ3n) is 3.74. The average molecular weight is 346 g/mol. The molecule has 23 heavy (non-hydrogen) atoms. The van der Waals surface area contributed by atoms with Gasteiger partial charge in [-0.05, 0) is 42.8 Å². The predicted octanol–water partition coefficient (Wildman–Crippen LogP) is 6.10. The molecule has 1 unspecified atom stereocenters. The lowest BCUT2D eigenvalue weighted by Gasteiger charge is -2.13. The van der Waals surface area contributed by atoms with Crippen LogP contribution in [0.4, 0.5) is 0 Å². The summed E-state index contributed by atoms with van der Waals surface area (Å²) in [5.74, 6) is 1.62. The van der Waals surface area contributed by atoms with Crippen molar-refractivity contribution in [2.45, 2.75) is 19.5 Å². The molecule has 0 fully saturated rings. The van der Waals surface area contributed by atoms with Gasteiger partial charge in [0.05, 0.1) is 11.6 Å². The Bertz CT molecular complexity index is 783. The summed E-state index contributed by atoms with van der Waals surface area (Å²) < 4.78 is 5.89. The Labute approximate surface area is 146 Å². The SMILES string of the molecule is CC(NCc1ccc(-c2ccc(Cl)cc2Cl)o1)c1ccccc1. The third-order valence-corrected chi connectivity index (χ3v) is 4.29. The smallest absolute Gasteiger partial charge is 0.135 e. The van der Waals surface area contributed by atoms with Crippen LogP contribution in [0, 0.1) is 0 Å². The van der Waals surface area contributed by atoms with Crippen molar-refractivity contribution < 1.29 is 4.42 Å². The van der Waals surface area contributed by atoms with Gasteiger partial charge in [0.2, 0.25) is 0 Å². The fourth-order valence-corrected chi connectivity index (χ4v) is 2.92. The molecule has 1 N–H and O–H groups in total. The van der Waals surface area contributed by atoms with Gasteiger partial charge in [0.25, 0.3) is 0 Å². The highest BCUT2D eigenvalue weighted by atomic mass is 35.5. The topological polar surface area (TPSA) is 25.2 Å². The molecule has 0 amide bonds. The molecule has 2 aromatic carbocycles. The molecule has 0 aliphatic rings. The lowest BCUT2D eigenvalue weighted by molar-refractivity contribution is 0.468. The van der Waals surface area contributed by atoms with E-state index in [1.807, 2.05) is 36.4 Å². The normalized spacial score (nSPS) is 12.3. The third kappa shape index (κ3) is 3.97. The molecule has 0 aliphatic carbocycles. The van der Waals surface area contributed by atoms with Crippen LogP contribution < -0.4 is 5.32 Å². The zero-order chi connectivity index (χ0) is 16.2. The Balaban J connectivity index is 1.68. The highest BCUT2D eigenvalue weighted by molar-refractivity contribution is 6.36. The number of nitrogens with one attached hydrogen (secondary N) is 1. The molecule has 3 aromatic rings. The first-order chi connectivity index (χ1) is 11.1. The molecule has 0 saturated carbocycles. The minimum absolute atomic E-state index is 0.254. The summed E-state index contributed by atoms with van der Waals surface area (Å²) in [5, 5.41) is 4.66. The van der Waals surface area contributed by atoms with Gasteiger partial charge in [0.1, 0.15) is 11.5 Å². The van der Waals surface area contributed by atoms with Crippen LogP contribution in [-0.4, -0.2) is 0 Å². The van der Waals surface area contributed by atoms with E-state index in [1.54, 1.807) is 12.1 Å². The number of benzene rings is 2. The van der Waals surface area contributed by atoms with E-state index in [9.17, 15) is 0 Å². The number of halogens is 2. The molecule has 0 bridgehead atoms. The van der Waals surface area contributed by atoms with Gasteiger partial charge < -0.3 is 9.73 Å². The zero-order valence-corrected chi connectivity index (χ0v) is 14.2. The Kier molecular flexibility index (Phi) is 5.06. The number of furan rings is 1. The summed E-state index contributed by atoms with van der Waals surface area (Å²) in [7, 11) is 0. The van der Waals surface area contributed by atoms with Crippen LogP contribution in [0.15, 0.2) is 65.1 Å². The highest BCUT2D eigenvalue weighted by Gasteiger charge is 2.10. The highest BCUT2D eigenvalue weighted by Crippen LogP contribution is 2.31. The van der Waals surface area contributed by atoms with Crippen molar-refractivity contribution in [3.8, 4) is 11.3 Å². The maximum Gasteiger partial charge on any atom is 0.135 e. The van der Waals surface area contributed by atoms with Crippen LogP contribution in [0.25, 0.3) is 11.3 Å². The first-order valence-corrected chi connectivity index (χ1v) is 8.21. The lowest BCUT2D eigenvalue weighted by atomic mass is 10.1. The van der Waals surface area contributed by atoms with Crippen molar-refractivity contribution in [1.29, 1.82) is 0 Å². The summed E-state index contributed by atoms with van der Waals surface area (Å²) in [5.41, 5.74) is 2.10. The maximum absolute atomic E-state index is 6.22. The second-order valence-corrected chi connectivity index (χ2v) is 6.25. The van der Waals surface area contributed by atoms with Crippen molar-refractivity contribution in [3.63, 3.8) is 0 Å². The van der Waals surface area contributed by atoms with Crippen LogP contribution >= 0.6 is 23.2 Å². The molecule has 0 saturated heterocycles. The zero-order valence-electron chi connectivity index (χ0n) is 12.7. The molecule has 0 aliphatic heterocycles. The quantitative estimate of drug-likeness (QED) is 0.603. The van der Waals surface area contributed by atoms with Crippen molar-refractivity contribution in [1.82, 2.24) is 5.32 Å². The van der Waals surface area contributed by atoms with E-state index in [2.05, 4.69) is 24.4 Å². The van der Waals surface area contributed by atoms with Gasteiger partial charge >= 0.3 is 0 Å². The Morgan fingerprint density at radius 2 is 1.78 bits per heavy atom. The number of hydrogen-bond acceptors (Lipinski definition) is 2. The van der Waals surface area contributed by atoms with E-state index in [0.29, 0.717) is 16.6 Å². The fourth-order valence-electron chi connectivity index (χ4n) is 2.42. The van der Waals surface area contributed by atoms with Gasteiger partial charge in [-0.1, -0.05) is 53.5 Å². The Morgan fingerprint density at radius 3 is 2.52 bits per heavy atom. The molecule has 0 spiro atoms. The second kappa shape index (κ2) is 7.22. The standard InChI is InChI=1S/C19H17Cl2NO/c1-13(14-5-3-2-4-6-14)22-12-16-8-10-19(23-16)17-9-7-15(20)11-18(17)21/h2-11,13,22H,12H2,1H3.